The van der Waals surface area contributed by atoms with E-state index in [9.17, 15) is 0 Å². The van der Waals surface area contributed by atoms with Gasteiger partial charge in [0.25, 0.3) is 0 Å². The third-order valence-corrected chi connectivity index (χ3v) is 4.31. The zero-order chi connectivity index (χ0) is 14.1. The molecule has 1 aliphatic rings. The van der Waals surface area contributed by atoms with Crippen molar-refractivity contribution in [1.82, 2.24) is 5.32 Å². The van der Waals surface area contributed by atoms with Gasteiger partial charge in [0.15, 0.2) is 0 Å². The predicted molar refractivity (Wildman–Crippen MR) is 86.3 cm³/mol. The van der Waals surface area contributed by atoms with Crippen molar-refractivity contribution < 1.29 is 0 Å². The summed E-state index contributed by atoms with van der Waals surface area (Å²) in [5.74, 6) is 0. The minimum atomic E-state index is 0.519. The first-order chi connectivity index (χ1) is 9.70. The van der Waals surface area contributed by atoms with Crippen molar-refractivity contribution in [2.75, 3.05) is 26.0 Å². The molecule has 2 aromatic rings. The molecule has 0 amide bonds. The van der Waals surface area contributed by atoms with Gasteiger partial charge < -0.3 is 10.2 Å². The molecule has 1 atom stereocenters. The number of hydrogen-bond acceptors (Lipinski definition) is 2. The Morgan fingerprint density at radius 3 is 2.45 bits per heavy atom. The van der Waals surface area contributed by atoms with Crippen LogP contribution in [0.2, 0.25) is 0 Å². The number of rotatable bonds is 3. The van der Waals surface area contributed by atoms with Gasteiger partial charge in [-0.2, -0.15) is 0 Å². The topological polar surface area (TPSA) is 15.3 Å². The molecule has 3 rings (SSSR count). The highest BCUT2D eigenvalue weighted by Crippen LogP contribution is 2.37. The molecule has 0 aromatic heterocycles. The summed E-state index contributed by atoms with van der Waals surface area (Å²) in [6, 6.07) is 16.1. The largest absolute Gasteiger partial charge is 0.378 e. The van der Waals surface area contributed by atoms with E-state index >= 15 is 0 Å². The van der Waals surface area contributed by atoms with E-state index < -0.39 is 0 Å². The molecule has 2 nitrogen and oxygen atoms in total. The molecule has 0 radical (unpaired) electrons. The van der Waals surface area contributed by atoms with E-state index in [0.717, 1.165) is 0 Å². The minimum absolute atomic E-state index is 0.519. The van der Waals surface area contributed by atoms with Crippen LogP contribution >= 0.6 is 0 Å². The Kier molecular flexibility index (Phi) is 3.49. The molecular formula is C18H22N2. The summed E-state index contributed by atoms with van der Waals surface area (Å²) >= 11 is 0. The summed E-state index contributed by atoms with van der Waals surface area (Å²) in [5.41, 5.74) is 6.95. The van der Waals surface area contributed by atoms with Crippen molar-refractivity contribution >= 4 is 5.69 Å². The van der Waals surface area contributed by atoms with Crippen LogP contribution in [0.25, 0.3) is 11.1 Å². The maximum atomic E-state index is 3.42. The Morgan fingerprint density at radius 2 is 1.80 bits per heavy atom. The van der Waals surface area contributed by atoms with Crippen molar-refractivity contribution in [3.8, 4) is 11.1 Å². The van der Waals surface area contributed by atoms with Gasteiger partial charge >= 0.3 is 0 Å². The van der Waals surface area contributed by atoms with E-state index in [4.69, 9.17) is 0 Å². The molecule has 0 saturated heterocycles. The molecule has 0 spiro atoms. The van der Waals surface area contributed by atoms with Crippen molar-refractivity contribution in [2.45, 2.75) is 18.9 Å². The number of fused-ring (bicyclic) bond motifs is 1. The highest BCUT2D eigenvalue weighted by molar-refractivity contribution is 5.71. The van der Waals surface area contributed by atoms with Crippen molar-refractivity contribution in [3.05, 3.63) is 53.6 Å². The average Bonchev–Trinajstić information content (AvgIpc) is 2.90. The Bertz CT molecular complexity index is 599. The molecule has 0 fully saturated rings. The van der Waals surface area contributed by atoms with E-state index in [1.54, 1.807) is 0 Å². The first kappa shape index (κ1) is 13.2. The number of benzene rings is 2. The minimum Gasteiger partial charge on any atom is -0.378 e. The van der Waals surface area contributed by atoms with Crippen LogP contribution in [0, 0.1) is 0 Å². The third-order valence-electron chi connectivity index (χ3n) is 4.31. The normalized spacial score (nSPS) is 17.1. The first-order valence-electron chi connectivity index (χ1n) is 7.27. The predicted octanol–water partition coefficient (Wildman–Crippen LogP) is 3.63. The molecule has 0 aliphatic heterocycles. The maximum Gasteiger partial charge on any atom is 0.0361 e. The molecule has 1 unspecified atom stereocenters. The summed E-state index contributed by atoms with van der Waals surface area (Å²) in [5, 5.41) is 3.42. The van der Waals surface area contributed by atoms with Gasteiger partial charge in [0, 0.05) is 25.8 Å². The van der Waals surface area contributed by atoms with E-state index in [0.29, 0.717) is 6.04 Å². The van der Waals surface area contributed by atoms with Gasteiger partial charge in [-0.3, -0.25) is 0 Å². The number of anilines is 1. The number of hydrogen-bond donors (Lipinski definition) is 1. The van der Waals surface area contributed by atoms with Gasteiger partial charge in [0.2, 0.25) is 0 Å². The standard InChI is InChI=1S/C18H22N2/c1-19-18-12-11-16-15(5-4-6-17(16)18)13-7-9-14(10-8-13)20(2)3/h4-10,18-19H,11-12H2,1-3H3. The van der Waals surface area contributed by atoms with Gasteiger partial charge in [0.1, 0.15) is 0 Å². The lowest BCUT2D eigenvalue weighted by molar-refractivity contribution is 0.590. The number of nitrogens with zero attached hydrogens (tertiary/aromatic N) is 1. The van der Waals surface area contributed by atoms with Gasteiger partial charge in [-0.05, 0) is 54.3 Å². The number of nitrogens with one attached hydrogen (secondary N) is 1. The SMILES string of the molecule is CNC1CCc2c(-c3ccc(N(C)C)cc3)cccc21. The fourth-order valence-electron chi connectivity index (χ4n) is 3.16. The summed E-state index contributed by atoms with van der Waals surface area (Å²) < 4.78 is 0. The first-order valence-corrected chi connectivity index (χ1v) is 7.27. The van der Waals surface area contributed by atoms with E-state index in [1.807, 2.05) is 0 Å². The zero-order valence-corrected chi connectivity index (χ0v) is 12.5. The van der Waals surface area contributed by atoms with Crippen molar-refractivity contribution in [3.63, 3.8) is 0 Å². The molecule has 0 bridgehead atoms. The maximum absolute atomic E-state index is 3.42. The lowest BCUT2D eigenvalue weighted by atomic mass is 9.96. The lowest BCUT2D eigenvalue weighted by Crippen LogP contribution is -2.12. The molecule has 2 heteroatoms. The monoisotopic (exact) mass is 266 g/mol. The Labute approximate surface area is 121 Å². The molecule has 2 aromatic carbocycles. The van der Waals surface area contributed by atoms with Crippen LogP contribution in [0.4, 0.5) is 5.69 Å². The Hall–Kier alpha value is -1.80. The second kappa shape index (κ2) is 5.29. The smallest absolute Gasteiger partial charge is 0.0361 e. The van der Waals surface area contributed by atoms with Gasteiger partial charge in [-0.25, -0.2) is 0 Å². The molecule has 0 heterocycles. The molecule has 1 N–H and O–H groups in total. The Morgan fingerprint density at radius 1 is 1.05 bits per heavy atom. The fourth-order valence-corrected chi connectivity index (χ4v) is 3.16. The Balaban J connectivity index is 2.01. The van der Waals surface area contributed by atoms with Gasteiger partial charge in [-0.15, -0.1) is 0 Å². The zero-order valence-electron chi connectivity index (χ0n) is 12.5. The van der Waals surface area contributed by atoms with Crippen LogP contribution in [0.15, 0.2) is 42.5 Å². The third kappa shape index (κ3) is 2.20. The summed E-state index contributed by atoms with van der Waals surface area (Å²) in [6.45, 7) is 0. The van der Waals surface area contributed by atoms with Crippen LogP contribution in [-0.2, 0) is 6.42 Å². The molecule has 1 aliphatic carbocycles. The molecule has 0 saturated carbocycles. The molecular weight excluding hydrogens is 244 g/mol. The van der Waals surface area contributed by atoms with E-state index in [2.05, 4.69) is 73.8 Å². The highest BCUT2D eigenvalue weighted by Gasteiger charge is 2.23. The average molecular weight is 266 g/mol. The lowest BCUT2D eigenvalue weighted by Gasteiger charge is -2.15. The van der Waals surface area contributed by atoms with E-state index in [-0.39, 0.29) is 0 Å². The van der Waals surface area contributed by atoms with Crippen LogP contribution < -0.4 is 10.2 Å². The van der Waals surface area contributed by atoms with Gasteiger partial charge in [0.05, 0.1) is 0 Å². The van der Waals surface area contributed by atoms with Crippen LogP contribution in [0.1, 0.15) is 23.6 Å². The van der Waals surface area contributed by atoms with Crippen molar-refractivity contribution in [2.24, 2.45) is 0 Å². The van der Waals surface area contributed by atoms with Crippen LogP contribution in [0.5, 0.6) is 0 Å². The highest BCUT2D eigenvalue weighted by atomic mass is 15.1. The van der Waals surface area contributed by atoms with Crippen LogP contribution in [-0.4, -0.2) is 21.1 Å². The summed E-state index contributed by atoms with van der Waals surface area (Å²) in [7, 11) is 6.21. The fraction of sp³-hybridized carbons (Fsp3) is 0.333. The van der Waals surface area contributed by atoms with Crippen molar-refractivity contribution in [1.29, 1.82) is 0 Å². The molecule has 20 heavy (non-hydrogen) atoms. The van der Waals surface area contributed by atoms with Gasteiger partial charge in [-0.1, -0.05) is 30.3 Å². The second-order valence-corrected chi connectivity index (χ2v) is 5.69. The summed E-state index contributed by atoms with van der Waals surface area (Å²) in [6.07, 6.45) is 2.38. The summed E-state index contributed by atoms with van der Waals surface area (Å²) in [4.78, 5) is 2.14. The quantitative estimate of drug-likeness (QED) is 0.912. The molecule has 104 valence electrons. The van der Waals surface area contributed by atoms with Crippen LogP contribution in [0.3, 0.4) is 0 Å². The van der Waals surface area contributed by atoms with E-state index in [1.165, 1.54) is 40.8 Å². The second-order valence-electron chi connectivity index (χ2n) is 5.69.